The second-order valence-corrected chi connectivity index (χ2v) is 2.99. The Balaban J connectivity index is 0.000000396. The summed E-state index contributed by atoms with van der Waals surface area (Å²) >= 11 is 0. The molecule has 1 aromatic carbocycles. The number of hydrogen-bond donors (Lipinski definition) is 0. The van der Waals surface area contributed by atoms with Gasteiger partial charge >= 0.3 is 0 Å². The molecule has 0 bridgehead atoms. The van der Waals surface area contributed by atoms with E-state index in [-0.39, 0.29) is 0 Å². The smallest absolute Gasteiger partial charge is 0.0228 e. The fourth-order valence-corrected chi connectivity index (χ4v) is 1.59. The molecule has 0 heterocycles. The molecule has 0 nitrogen and oxygen atoms in total. The second-order valence-electron chi connectivity index (χ2n) is 2.99. The number of hydrogen-bond acceptors (Lipinski definition) is 0. The Morgan fingerprint density at radius 3 is 2.23 bits per heavy atom. The van der Waals surface area contributed by atoms with Crippen molar-refractivity contribution in [2.45, 2.75) is 33.1 Å². The minimum atomic E-state index is 1.27. The molecule has 13 heavy (non-hydrogen) atoms. The molecule has 0 saturated carbocycles. The number of benzene rings is 1. The molecule has 0 fully saturated rings. The van der Waals surface area contributed by atoms with Crippen LogP contribution in [0, 0.1) is 0 Å². The average molecular weight is 174 g/mol. The number of allylic oxidation sites excluding steroid dienone is 2. The van der Waals surface area contributed by atoms with Gasteiger partial charge in [0.05, 0.1) is 0 Å². The van der Waals surface area contributed by atoms with Crippen LogP contribution in [-0.2, 0) is 0 Å². The van der Waals surface area contributed by atoms with Crippen molar-refractivity contribution in [3.8, 4) is 0 Å². The van der Waals surface area contributed by atoms with Crippen LogP contribution < -0.4 is 0 Å². The van der Waals surface area contributed by atoms with Crippen LogP contribution in [0.25, 0.3) is 5.57 Å². The van der Waals surface area contributed by atoms with Crippen LogP contribution in [0.3, 0.4) is 0 Å². The van der Waals surface area contributed by atoms with Crippen molar-refractivity contribution in [3.63, 3.8) is 0 Å². The van der Waals surface area contributed by atoms with Crippen LogP contribution >= 0.6 is 0 Å². The summed E-state index contributed by atoms with van der Waals surface area (Å²) in [7, 11) is 0. The highest BCUT2D eigenvalue weighted by atomic mass is 14.1. The van der Waals surface area contributed by atoms with Crippen molar-refractivity contribution in [3.05, 3.63) is 42.0 Å². The second kappa shape index (κ2) is 5.58. The van der Waals surface area contributed by atoms with E-state index in [0.717, 1.165) is 0 Å². The summed E-state index contributed by atoms with van der Waals surface area (Å²) in [5.41, 5.74) is 2.94. The molecule has 0 N–H and O–H groups in total. The third kappa shape index (κ3) is 2.73. The first-order valence-corrected chi connectivity index (χ1v) is 5.21. The van der Waals surface area contributed by atoms with Gasteiger partial charge in [-0.3, -0.25) is 0 Å². The summed E-state index contributed by atoms with van der Waals surface area (Å²) in [5.74, 6) is 0. The van der Waals surface area contributed by atoms with Crippen LogP contribution in [-0.4, -0.2) is 0 Å². The molecule has 1 aliphatic carbocycles. The Bertz CT molecular complexity index is 257. The molecule has 0 spiro atoms. The van der Waals surface area contributed by atoms with E-state index in [4.69, 9.17) is 0 Å². The molecule has 0 aromatic heterocycles. The van der Waals surface area contributed by atoms with Gasteiger partial charge in [-0.1, -0.05) is 50.3 Å². The Morgan fingerprint density at radius 2 is 1.69 bits per heavy atom. The van der Waals surface area contributed by atoms with E-state index in [1.165, 1.54) is 30.4 Å². The van der Waals surface area contributed by atoms with E-state index in [0.29, 0.717) is 0 Å². The maximum Gasteiger partial charge on any atom is -0.0228 e. The van der Waals surface area contributed by atoms with Crippen molar-refractivity contribution in [2.75, 3.05) is 0 Å². The summed E-state index contributed by atoms with van der Waals surface area (Å²) in [6.07, 6.45) is 6.23. The van der Waals surface area contributed by atoms with Gasteiger partial charge in [-0.15, -0.1) is 0 Å². The van der Waals surface area contributed by atoms with Crippen molar-refractivity contribution in [1.82, 2.24) is 0 Å². The predicted octanol–water partition coefficient (Wildman–Crippen LogP) is 4.28. The molecule has 0 atom stereocenters. The number of rotatable bonds is 1. The van der Waals surface area contributed by atoms with Crippen molar-refractivity contribution < 1.29 is 0 Å². The predicted molar refractivity (Wildman–Crippen MR) is 59.6 cm³/mol. The van der Waals surface area contributed by atoms with Gasteiger partial charge in [0.2, 0.25) is 0 Å². The van der Waals surface area contributed by atoms with Crippen LogP contribution in [0.4, 0.5) is 0 Å². The fourth-order valence-electron chi connectivity index (χ4n) is 1.59. The average Bonchev–Trinajstić information content (AvgIpc) is 2.75. The first-order valence-electron chi connectivity index (χ1n) is 5.21. The van der Waals surface area contributed by atoms with Gasteiger partial charge in [0.25, 0.3) is 0 Å². The zero-order valence-corrected chi connectivity index (χ0v) is 8.59. The molecular formula is C13H18. The zero-order chi connectivity index (χ0) is 9.52. The quantitative estimate of drug-likeness (QED) is 0.596. The van der Waals surface area contributed by atoms with Gasteiger partial charge in [0.15, 0.2) is 0 Å². The Labute approximate surface area is 81.3 Å². The first-order chi connectivity index (χ1) is 6.47. The molecule has 0 amide bonds. The largest absolute Gasteiger partial charge is 0.0807 e. The lowest BCUT2D eigenvalue weighted by molar-refractivity contribution is 0.935. The van der Waals surface area contributed by atoms with Crippen molar-refractivity contribution in [1.29, 1.82) is 0 Å². The maximum atomic E-state index is 2.36. The van der Waals surface area contributed by atoms with E-state index >= 15 is 0 Å². The highest BCUT2D eigenvalue weighted by molar-refractivity contribution is 5.66. The van der Waals surface area contributed by atoms with Crippen LogP contribution in [0.1, 0.15) is 38.7 Å². The van der Waals surface area contributed by atoms with Gasteiger partial charge in [0.1, 0.15) is 0 Å². The Morgan fingerprint density at radius 1 is 1.00 bits per heavy atom. The molecule has 0 heteroatoms. The van der Waals surface area contributed by atoms with E-state index in [1.807, 2.05) is 13.8 Å². The fraction of sp³-hybridized carbons (Fsp3) is 0.385. The highest BCUT2D eigenvalue weighted by Gasteiger charge is 2.04. The SMILES string of the molecule is C1=C(c2ccccc2)CCC1.CC. The monoisotopic (exact) mass is 174 g/mol. The topological polar surface area (TPSA) is 0 Å². The van der Waals surface area contributed by atoms with Crippen LogP contribution in [0.2, 0.25) is 0 Å². The summed E-state index contributed by atoms with van der Waals surface area (Å²) < 4.78 is 0. The minimum Gasteiger partial charge on any atom is -0.0807 e. The molecule has 1 aliphatic rings. The molecular weight excluding hydrogens is 156 g/mol. The lowest BCUT2D eigenvalue weighted by Crippen LogP contribution is -1.77. The van der Waals surface area contributed by atoms with Gasteiger partial charge in [-0.2, -0.15) is 0 Å². The van der Waals surface area contributed by atoms with Crippen LogP contribution in [0.15, 0.2) is 36.4 Å². The van der Waals surface area contributed by atoms with E-state index in [9.17, 15) is 0 Å². The molecule has 0 radical (unpaired) electrons. The van der Waals surface area contributed by atoms with E-state index in [1.54, 1.807) is 0 Å². The van der Waals surface area contributed by atoms with E-state index in [2.05, 4.69) is 36.4 Å². The van der Waals surface area contributed by atoms with Crippen molar-refractivity contribution >= 4 is 5.57 Å². The summed E-state index contributed by atoms with van der Waals surface area (Å²) in [6, 6.07) is 10.7. The maximum absolute atomic E-state index is 2.36. The molecule has 0 saturated heterocycles. The van der Waals surface area contributed by atoms with Crippen LogP contribution in [0.5, 0.6) is 0 Å². The standard InChI is InChI=1S/C11H12.C2H6/c1-2-6-10(7-3-1)11-8-4-5-9-11;1-2/h1-3,6-8H,4-5,9H2;1-2H3. The Hall–Kier alpha value is -1.04. The molecule has 2 rings (SSSR count). The highest BCUT2D eigenvalue weighted by Crippen LogP contribution is 2.26. The van der Waals surface area contributed by atoms with Gasteiger partial charge < -0.3 is 0 Å². The lowest BCUT2D eigenvalue weighted by atomic mass is 10.1. The zero-order valence-electron chi connectivity index (χ0n) is 8.59. The molecule has 0 aliphatic heterocycles. The lowest BCUT2D eigenvalue weighted by Gasteiger charge is -1.99. The Kier molecular flexibility index (Phi) is 4.31. The summed E-state index contributed by atoms with van der Waals surface area (Å²) in [4.78, 5) is 0. The summed E-state index contributed by atoms with van der Waals surface area (Å²) in [6.45, 7) is 4.00. The molecule has 1 aromatic rings. The van der Waals surface area contributed by atoms with Crippen molar-refractivity contribution in [2.24, 2.45) is 0 Å². The van der Waals surface area contributed by atoms with Gasteiger partial charge in [-0.05, 0) is 30.4 Å². The minimum absolute atomic E-state index is 1.27. The summed E-state index contributed by atoms with van der Waals surface area (Å²) in [5, 5.41) is 0. The normalized spacial score (nSPS) is 14.5. The van der Waals surface area contributed by atoms with Gasteiger partial charge in [-0.25, -0.2) is 0 Å². The third-order valence-electron chi connectivity index (χ3n) is 2.19. The van der Waals surface area contributed by atoms with Gasteiger partial charge in [0, 0.05) is 0 Å². The third-order valence-corrected chi connectivity index (χ3v) is 2.19. The molecule has 0 unspecified atom stereocenters. The molecule has 70 valence electrons. The first kappa shape index (κ1) is 10.0. The van der Waals surface area contributed by atoms with E-state index < -0.39 is 0 Å².